The first-order valence-corrected chi connectivity index (χ1v) is 3.40. The molecule has 0 unspecified atom stereocenters. The van der Waals surface area contributed by atoms with E-state index < -0.39 is 0 Å². The highest BCUT2D eigenvalue weighted by molar-refractivity contribution is 5.41. The van der Waals surface area contributed by atoms with Gasteiger partial charge in [-0.05, 0) is 54.9 Å². The molecule has 12 heavy (non-hydrogen) atoms. The zero-order chi connectivity index (χ0) is 9.23. The standard InChI is InChI=1S/C12H8/c1-4-6-7-8-9-10-11-12(3)5-2/h1,5H,2-3H3/b12-5+. The third kappa shape index (κ3) is 6.11. The average molecular weight is 152 g/mol. The summed E-state index contributed by atoms with van der Waals surface area (Å²) in [5, 5.41) is 0. The fourth-order valence-corrected chi connectivity index (χ4v) is 0.332. The maximum absolute atomic E-state index is 4.88. The Labute approximate surface area is 74.1 Å². The molecule has 0 aromatic heterocycles. The zero-order valence-electron chi connectivity index (χ0n) is 7.15. The van der Waals surface area contributed by atoms with Gasteiger partial charge in [-0.15, -0.1) is 6.42 Å². The lowest BCUT2D eigenvalue weighted by atomic mass is 10.3. The maximum Gasteiger partial charge on any atom is -0.0000226 e. The molecule has 0 rings (SSSR count). The van der Waals surface area contributed by atoms with Gasteiger partial charge >= 0.3 is 0 Å². The molecule has 0 amide bonds. The molecular weight excluding hydrogens is 144 g/mol. The van der Waals surface area contributed by atoms with Crippen molar-refractivity contribution in [2.75, 3.05) is 0 Å². The Hall–Kier alpha value is -2.02. The lowest BCUT2D eigenvalue weighted by Crippen LogP contribution is -1.63. The van der Waals surface area contributed by atoms with Crippen LogP contribution in [0.15, 0.2) is 11.6 Å². The lowest BCUT2D eigenvalue weighted by molar-refractivity contribution is 1.52. The zero-order valence-corrected chi connectivity index (χ0v) is 7.15. The van der Waals surface area contributed by atoms with Crippen molar-refractivity contribution in [2.45, 2.75) is 13.8 Å². The van der Waals surface area contributed by atoms with E-state index in [4.69, 9.17) is 6.42 Å². The second-order valence-corrected chi connectivity index (χ2v) is 1.87. The molecule has 0 heteroatoms. The van der Waals surface area contributed by atoms with Gasteiger partial charge in [-0.1, -0.05) is 12.0 Å². The molecule has 56 valence electrons. The Morgan fingerprint density at radius 2 is 1.67 bits per heavy atom. The third-order valence-electron chi connectivity index (χ3n) is 1.01. The Bertz CT molecular complexity index is 381. The molecule has 0 heterocycles. The van der Waals surface area contributed by atoms with Crippen LogP contribution in [0.4, 0.5) is 0 Å². The van der Waals surface area contributed by atoms with Crippen molar-refractivity contribution in [3.8, 4) is 47.9 Å². The molecule has 0 saturated heterocycles. The largest absolute Gasteiger partial charge is 0.106 e. The van der Waals surface area contributed by atoms with E-state index >= 15 is 0 Å². The fourth-order valence-electron chi connectivity index (χ4n) is 0.332. The van der Waals surface area contributed by atoms with Crippen molar-refractivity contribution in [1.82, 2.24) is 0 Å². The molecule has 0 radical (unpaired) electrons. The Balaban J connectivity index is 4.19. The van der Waals surface area contributed by atoms with Crippen LogP contribution in [0, 0.1) is 47.9 Å². The number of hydrogen-bond donors (Lipinski definition) is 0. The van der Waals surface area contributed by atoms with Crippen LogP contribution in [0.2, 0.25) is 0 Å². The number of terminal acetylenes is 1. The van der Waals surface area contributed by atoms with Gasteiger partial charge in [0.05, 0.1) is 0 Å². The van der Waals surface area contributed by atoms with Gasteiger partial charge in [-0.3, -0.25) is 0 Å². The minimum Gasteiger partial charge on any atom is -0.106 e. The number of rotatable bonds is 0. The van der Waals surface area contributed by atoms with Crippen molar-refractivity contribution in [1.29, 1.82) is 0 Å². The summed E-state index contributed by atoms with van der Waals surface area (Å²) < 4.78 is 0. The van der Waals surface area contributed by atoms with Crippen molar-refractivity contribution in [3.63, 3.8) is 0 Å². The smallest absolute Gasteiger partial charge is 0.0000226 e. The summed E-state index contributed by atoms with van der Waals surface area (Å²) in [7, 11) is 0. The molecule has 0 atom stereocenters. The SMILES string of the molecule is C#CC#CC#CC#C/C(C)=C/C. The van der Waals surface area contributed by atoms with E-state index in [9.17, 15) is 0 Å². The van der Waals surface area contributed by atoms with Gasteiger partial charge in [0, 0.05) is 0 Å². The molecule has 0 N–H and O–H groups in total. The molecule has 0 saturated carbocycles. The average Bonchev–Trinajstić information content (AvgIpc) is 2.10. The molecule has 0 aromatic rings. The molecule has 0 nitrogen and oxygen atoms in total. The van der Waals surface area contributed by atoms with E-state index in [2.05, 4.69) is 41.4 Å². The van der Waals surface area contributed by atoms with Crippen LogP contribution in [0.3, 0.4) is 0 Å². The van der Waals surface area contributed by atoms with E-state index in [1.54, 1.807) is 0 Å². The van der Waals surface area contributed by atoms with Crippen LogP contribution in [0.25, 0.3) is 0 Å². The molecule has 0 aliphatic carbocycles. The topological polar surface area (TPSA) is 0 Å². The van der Waals surface area contributed by atoms with Gasteiger partial charge < -0.3 is 0 Å². The first-order valence-electron chi connectivity index (χ1n) is 3.40. The minimum absolute atomic E-state index is 0.995. The molecule has 0 aliphatic heterocycles. The predicted octanol–water partition coefficient (Wildman–Crippen LogP) is 1.60. The van der Waals surface area contributed by atoms with Crippen LogP contribution in [0.1, 0.15) is 13.8 Å². The van der Waals surface area contributed by atoms with Crippen LogP contribution < -0.4 is 0 Å². The summed E-state index contributed by atoms with van der Waals surface area (Å²) in [6.07, 6.45) is 6.79. The highest BCUT2D eigenvalue weighted by Crippen LogP contribution is 1.84. The quantitative estimate of drug-likeness (QED) is 0.462. The molecule has 0 aliphatic rings. The van der Waals surface area contributed by atoms with Gasteiger partial charge in [-0.25, -0.2) is 0 Å². The first-order chi connectivity index (χ1) is 5.81. The van der Waals surface area contributed by atoms with Gasteiger partial charge in [0.25, 0.3) is 0 Å². The fraction of sp³-hybridized carbons (Fsp3) is 0.167. The van der Waals surface area contributed by atoms with Crippen molar-refractivity contribution >= 4 is 0 Å². The predicted molar refractivity (Wildman–Crippen MR) is 51.6 cm³/mol. The van der Waals surface area contributed by atoms with Gasteiger partial charge in [-0.2, -0.15) is 0 Å². The summed E-state index contributed by atoms with van der Waals surface area (Å²) in [5.41, 5.74) is 0.995. The van der Waals surface area contributed by atoms with E-state index in [1.165, 1.54) is 0 Å². The molecular formula is C12H8. The highest BCUT2D eigenvalue weighted by Gasteiger charge is 1.70. The van der Waals surface area contributed by atoms with E-state index in [0.29, 0.717) is 0 Å². The Kier molecular flexibility index (Phi) is 5.90. The van der Waals surface area contributed by atoms with Gasteiger partial charge in [0.1, 0.15) is 0 Å². The summed E-state index contributed by atoms with van der Waals surface area (Å²) >= 11 is 0. The second kappa shape index (κ2) is 7.09. The molecule has 0 aromatic carbocycles. The second-order valence-electron chi connectivity index (χ2n) is 1.87. The van der Waals surface area contributed by atoms with Crippen molar-refractivity contribution in [3.05, 3.63) is 11.6 Å². The molecule has 0 fully saturated rings. The van der Waals surface area contributed by atoms with E-state index in [-0.39, 0.29) is 0 Å². The number of allylic oxidation sites excluding steroid dienone is 2. The van der Waals surface area contributed by atoms with Crippen molar-refractivity contribution in [2.24, 2.45) is 0 Å². The lowest BCUT2D eigenvalue weighted by Gasteiger charge is -1.76. The minimum atomic E-state index is 0.995. The summed E-state index contributed by atoms with van der Waals surface area (Å²) in [6, 6.07) is 0. The summed E-state index contributed by atoms with van der Waals surface area (Å²) in [4.78, 5) is 0. The van der Waals surface area contributed by atoms with Gasteiger partial charge in [0.2, 0.25) is 0 Å². The van der Waals surface area contributed by atoms with Crippen LogP contribution in [-0.2, 0) is 0 Å². The maximum atomic E-state index is 4.88. The van der Waals surface area contributed by atoms with Crippen LogP contribution >= 0.6 is 0 Å². The Morgan fingerprint density at radius 3 is 2.25 bits per heavy atom. The molecule has 0 spiro atoms. The number of hydrogen-bond acceptors (Lipinski definition) is 0. The van der Waals surface area contributed by atoms with Crippen molar-refractivity contribution < 1.29 is 0 Å². The summed E-state index contributed by atoms with van der Waals surface area (Å²) in [5.74, 6) is 17.5. The van der Waals surface area contributed by atoms with E-state index in [1.807, 2.05) is 19.9 Å². The van der Waals surface area contributed by atoms with Gasteiger partial charge in [0.15, 0.2) is 0 Å². The highest BCUT2D eigenvalue weighted by atomic mass is 13.7. The normalized spacial score (nSPS) is 7.25. The third-order valence-corrected chi connectivity index (χ3v) is 1.01. The van der Waals surface area contributed by atoms with Crippen LogP contribution in [0.5, 0.6) is 0 Å². The van der Waals surface area contributed by atoms with E-state index in [0.717, 1.165) is 5.57 Å². The Morgan fingerprint density at radius 1 is 1.08 bits per heavy atom. The monoisotopic (exact) mass is 152 g/mol. The first kappa shape index (κ1) is 9.98. The van der Waals surface area contributed by atoms with Crippen LogP contribution in [-0.4, -0.2) is 0 Å². The molecule has 0 bridgehead atoms. The summed E-state index contributed by atoms with van der Waals surface area (Å²) in [6.45, 7) is 3.84.